The Morgan fingerprint density at radius 3 is 2.19 bits per heavy atom. The molecule has 3 heteroatoms. The van der Waals surface area contributed by atoms with Gasteiger partial charge in [-0.2, -0.15) is 0 Å². The lowest BCUT2D eigenvalue weighted by Gasteiger charge is -2.22. The van der Waals surface area contributed by atoms with Crippen molar-refractivity contribution in [3.63, 3.8) is 0 Å². The molecule has 3 nitrogen and oxygen atoms in total. The molecule has 2 unspecified atom stereocenters. The van der Waals surface area contributed by atoms with Crippen molar-refractivity contribution in [2.75, 3.05) is 13.2 Å². The number of hydrogen-bond acceptors (Lipinski definition) is 3. The largest absolute Gasteiger partial charge is 0.353 e. The van der Waals surface area contributed by atoms with Gasteiger partial charge in [0.15, 0.2) is 12.6 Å². The minimum atomic E-state index is -0.261. The molecule has 0 saturated carbocycles. The van der Waals surface area contributed by atoms with E-state index in [4.69, 9.17) is 20.6 Å². The number of rotatable bonds is 10. The van der Waals surface area contributed by atoms with Gasteiger partial charge in [-0.05, 0) is 19.3 Å². The highest BCUT2D eigenvalue weighted by molar-refractivity contribution is 4.83. The molecule has 0 heterocycles. The number of terminal acetylenes is 1. The maximum Gasteiger partial charge on any atom is 0.161 e. The van der Waals surface area contributed by atoms with Crippen molar-refractivity contribution in [1.82, 2.24) is 0 Å². The third kappa shape index (κ3) is 7.70. The predicted molar refractivity (Wildman–Crippen MR) is 64.9 cm³/mol. The molecule has 94 valence electrons. The van der Waals surface area contributed by atoms with Gasteiger partial charge in [-0.15, -0.1) is 6.42 Å². The lowest BCUT2D eigenvalue weighted by molar-refractivity contribution is -0.243. The smallest absolute Gasteiger partial charge is 0.161 e. The molecule has 2 atom stereocenters. The van der Waals surface area contributed by atoms with Gasteiger partial charge >= 0.3 is 0 Å². The highest BCUT2D eigenvalue weighted by atomic mass is 16.8. The van der Waals surface area contributed by atoms with Crippen molar-refractivity contribution in [2.45, 2.75) is 59.0 Å². The predicted octanol–water partition coefficient (Wildman–Crippen LogP) is 2.94. The van der Waals surface area contributed by atoms with Crippen molar-refractivity contribution in [3.8, 4) is 12.3 Å². The molecule has 0 aliphatic carbocycles. The van der Waals surface area contributed by atoms with Crippen LogP contribution in [0, 0.1) is 12.3 Å². The summed E-state index contributed by atoms with van der Waals surface area (Å²) in [5, 5.41) is 0. The summed E-state index contributed by atoms with van der Waals surface area (Å²) in [5.74, 6) is 2.43. The fourth-order valence-electron chi connectivity index (χ4n) is 1.18. The quantitative estimate of drug-likeness (QED) is 0.327. The van der Waals surface area contributed by atoms with Gasteiger partial charge in [0.25, 0.3) is 0 Å². The Hall–Kier alpha value is -0.560. The summed E-state index contributed by atoms with van der Waals surface area (Å²) in [7, 11) is 0. The second kappa shape index (κ2) is 10.9. The van der Waals surface area contributed by atoms with E-state index in [9.17, 15) is 0 Å². The first-order valence-corrected chi connectivity index (χ1v) is 6.10. The summed E-state index contributed by atoms with van der Waals surface area (Å²) >= 11 is 0. The maximum atomic E-state index is 5.66. The molecule has 0 aromatic rings. The van der Waals surface area contributed by atoms with Crippen molar-refractivity contribution in [3.05, 3.63) is 0 Å². The molecule has 0 amide bonds. The minimum Gasteiger partial charge on any atom is -0.353 e. The molecule has 0 aromatic carbocycles. The Labute approximate surface area is 99.5 Å². The molecular formula is C13H24O3. The number of unbranched alkanes of at least 4 members (excludes halogenated alkanes) is 1. The third-order valence-electron chi connectivity index (χ3n) is 2.12. The first kappa shape index (κ1) is 15.4. The Morgan fingerprint density at radius 2 is 1.69 bits per heavy atom. The second-order valence-electron chi connectivity index (χ2n) is 3.55. The molecular weight excluding hydrogens is 204 g/mol. The van der Waals surface area contributed by atoms with Gasteiger partial charge in [-0.1, -0.05) is 33.1 Å². The van der Waals surface area contributed by atoms with Crippen LogP contribution in [0.2, 0.25) is 0 Å². The van der Waals surface area contributed by atoms with Crippen LogP contribution in [0.5, 0.6) is 0 Å². The molecule has 0 radical (unpaired) electrons. The standard InChI is InChI=1S/C13H24O3/c1-5-9-11-15-13(8-4)16-12(7-3)14-10-6-2/h2,12-13H,5,7-11H2,1,3-4H3. The zero-order valence-corrected chi connectivity index (χ0v) is 10.7. The van der Waals surface area contributed by atoms with Crippen LogP contribution >= 0.6 is 0 Å². The van der Waals surface area contributed by atoms with E-state index >= 15 is 0 Å². The fourth-order valence-corrected chi connectivity index (χ4v) is 1.18. The first-order valence-electron chi connectivity index (χ1n) is 6.10. The Morgan fingerprint density at radius 1 is 1.06 bits per heavy atom. The monoisotopic (exact) mass is 228 g/mol. The summed E-state index contributed by atoms with van der Waals surface area (Å²) in [6.07, 6.45) is 8.46. The van der Waals surface area contributed by atoms with Gasteiger partial charge in [0.1, 0.15) is 6.61 Å². The van der Waals surface area contributed by atoms with Crippen molar-refractivity contribution in [1.29, 1.82) is 0 Å². The summed E-state index contributed by atoms with van der Waals surface area (Å²) in [6, 6.07) is 0. The molecule has 0 bridgehead atoms. The van der Waals surface area contributed by atoms with Crippen LogP contribution in [0.1, 0.15) is 46.5 Å². The lowest BCUT2D eigenvalue weighted by atomic mass is 10.3. The average Bonchev–Trinajstić information content (AvgIpc) is 2.32. The molecule has 0 aromatic heterocycles. The van der Waals surface area contributed by atoms with Gasteiger partial charge in [0, 0.05) is 6.61 Å². The van der Waals surface area contributed by atoms with Crippen LogP contribution in [-0.4, -0.2) is 25.8 Å². The molecule has 0 aliphatic rings. The fraction of sp³-hybridized carbons (Fsp3) is 0.846. The highest BCUT2D eigenvalue weighted by Crippen LogP contribution is 2.09. The molecule has 16 heavy (non-hydrogen) atoms. The van der Waals surface area contributed by atoms with E-state index in [1.54, 1.807) is 0 Å². The van der Waals surface area contributed by atoms with Crippen LogP contribution in [0.4, 0.5) is 0 Å². The zero-order valence-electron chi connectivity index (χ0n) is 10.7. The topological polar surface area (TPSA) is 27.7 Å². The highest BCUT2D eigenvalue weighted by Gasteiger charge is 2.14. The van der Waals surface area contributed by atoms with Gasteiger partial charge in [0.2, 0.25) is 0 Å². The van der Waals surface area contributed by atoms with E-state index in [2.05, 4.69) is 12.8 Å². The average molecular weight is 228 g/mol. The molecule has 0 fully saturated rings. The van der Waals surface area contributed by atoms with Crippen LogP contribution in [0.15, 0.2) is 0 Å². The second-order valence-corrected chi connectivity index (χ2v) is 3.55. The zero-order chi connectivity index (χ0) is 12.2. The molecule has 0 spiro atoms. The van der Waals surface area contributed by atoms with Gasteiger partial charge < -0.3 is 14.2 Å². The third-order valence-corrected chi connectivity index (χ3v) is 2.12. The van der Waals surface area contributed by atoms with Crippen LogP contribution < -0.4 is 0 Å². The first-order chi connectivity index (χ1) is 7.78. The van der Waals surface area contributed by atoms with Crippen LogP contribution in [-0.2, 0) is 14.2 Å². The van der Waals surface area contributed by atoms with Crippen molar-refractivity contribution < 1.29 is 14.2 Å². The Bertz CT molecular complexity index is 186. The van der Waals surface area contributed by atoms with Crippen molar-refractivity contribution in [2.24, 2.45) is 0 Å². The maximum absolute atomic E-state index is 5.66. The van der Waals surface area contributed by atoms with E-state index in [0.717, 1.165) is 32.3 Å². The SMILES string of the molecule is C#CCOC(CC)OC(CC)OCCCC. The molecule has 0 N–H and O–H groups in total. The Balaban J connectivity index is 3.82. The van der Waals surface area contributed by atoms with E-state index in [1.165, 1.54) is 0 Å². The molecule has 0 aliphatic heterocycles. The van der Waals surface area contributed by atoms with Gasteiger partial charge in [0.05, 0.1) is 0 Å². The molecule has 0 saturated heterocycles. The number of ether oxygens (including phenoxy) is 3. The minimum absolute atomic E-state index is 0.186. The van der Waals surface area contributed by atoms with Crippen LogP contribution in [0.3, 0.4) is 0 Å². The van der Waals surface area contributed by atoms with Crippen molar-refractivity contribution >= 4 is 0 Å². The van der Waals surface area contributed by atoms with E-state index < -0.39 is 0 Å². The van der Waals surface area contributed by atoms with E-state index in [-0.39, 0.29) is 19.2 Å². The summed E-state index contributed by atoms with van der Waals surface area (Å²) in [6.45, 7) is 7.19. The normalized spacial score (nSPS) is 14.4. The molecule has 0 rings (SSSR count). The summed E-state index contributed by atoms with van der Waals surface area (Å²) in [5.41, 5.74) is 0. The summed E-state index contributed by atoms with van der Waals surface area (Å²) < 4.78 is 16.6. The van der Waals surface area contributed by atoms with E-state index in [1.807, 2.05) is 13.8 Å². The number of hydrogen-bond donors (Lipinski definition) is 0. The Kier molecular flexibility index (Phi) is 10.6. The van der Waals surface area contributed by atoms with Gasteiger partial charge in [-0.25, -0.2) is 0 Å². The lowest BCUT2D eigenvalue weighted by Crippen LogP contribution is -2.26. The summed E-state index contributed by atoms with van der Waals surface area (Å²) in [4.78, 5) is 0. The van der Waals surface area contributed by atoms with Crippen LogP contribution in [0.25, 0.3) is 0 Å². The van der Waals surface area contributed by atoms with Gasteiger partial charge in [-0.3, -0.25) is 0 Å². The van der Waals surface area contributed by atoms with E-state index in [0.29, 0.717) is 0 Å².